The van der Waals surface area contributed by atoms with Crippen molar-refractivity contribution in [2.75, 3.05) is 0 Å². The maximum absolute atomic E-state index is 2.58. The van der Waals surface area contributed by atoms with E-state index in [2.05, 4.69) is 168 Å². The molecular formula is C41H49Cl2Zr. The number of rotatable bonds is 4. The Balaban J connectivity index is 0.00000225. The molecule has 0 bridgehead atoms. The standard InChI is InChI=1S/C41H49.2ClH.Zr/c1-27(2)40(11)24-32-23-31(30-12-14-33(15-13-30)38(5,6)7)25-41(37(32)26-40,36-21-28(3)20-29(4)22-36)35-18-16-34(17-19-35)39(8,9)10;;;/h12-27H,1-11H3;2*1H;/q-1;;;+3/p-2. The summed E-state index contributed by atoms with van der Waals surface area (Å²) >= 11 is 0. The van der Waals surface area contributed by atoms with E-state index in [1.807, 2.05) is 0 Å². The van der Waals surface area contributed by atoms with Crippen LogP contribution in [-0.4, -0.2) is 0 Å². The van der Waals surface area contributed by atoms with Crippen LogP contribution >= 0.6 is 0 Å². The first-order valence-electron chi connectivity index (χ1n) is 15.4. The Morgan fingerprint density at radius 2 is 1.14 bits per heavy atom. The van der Waals surface area contributed by atoms with E-state index in [1.165, 1.54) is 55.7 Å². The molecule has 0 N–H and O–H groups in total. The summed E-state index contributed by atoms with van der Waals surface area (Å²) < 4.78 is 0. The van der Waals surface area contributed by atoms with Gasteiger partial charge < -0.3 is 24.8 Å². The van der Waals surface area contributed by atoms with Crippen LogP contribution in [0, 0.1) is 31.6 Å². The molecule has 3 heteroatoms. The van der Waals surface area contributed by atoms with E-state index in [4.69, 9.17) is 0 Å². The molecule has 0 aromatic heterocycles. The molecule has 0 fully saturated rings. The van der Waals surface area contributed by atoms with Gasteiger partial charge in [-0.3, -0.25) is 0 Å². The third-order valence-electron chi connectivity index (χ3n) is 9.55. The van der Waals surface area contributed by atoms with Gasteiger partial charge in [0.1, 0.15) is 0 Å². The Bertz CT molecular complexity index is 1540. The largest absolute Gasteiger partial charge is 3.00 e. The summed E-state index contributed by atoms with van der Waals surface area (Å²) in [6, 6.07) is 25.9. The van der Waals surface area contributed by atoms with Crippen molar-refractivity contribution in [3.05, 3.63) is 141 Å². The van der Waals surface area contributed by atoms with Gasteiger partial charge in [0.05, 0.1) is 0 Å². The van der Waals surface area contributed by atoms with Crippen molar-refractivity contribution in [2.45, 2.75) is 92.4 Å². The summed E-state index contributed by atoms with van der Waals surface area (Å²) in [7, 11) is 0. The molecule has 0 heterocycles. The molecule has 0 saturated carbocycles. The van der Waals surface area contributed by atoms with E-state index >= 15 is 0 Å². The zero-order valence-electron chi connectivity index (χ0n) is 28.5. The molecule has 44 heavy (non-hydrogen) atoms. The Hall–Kier alpha value is -1.79. The molecule has 0 saturated heterocycles. The molecule has 2 aliphatic carbocycles. The number of aryl methyl sites for hydroxylation is 2. The summed E-state index contributed by atoms with van der Waals surface area (Å²) in [6.45, 7) is 25.3. The third kappa shape index (κ3) is 7.12. The van der Waals surface area contributed by atoms with Crippen LogP contribution in [0.15, 0.2) is 96.1 Å². The first kappa shape index (κ1) is 38.4. The van der Waals surface area contributed by atoms with Gasteiger partial charge in [0.2, 0.25) is 0 Å². The second-order valence-corrected chi connectivity index (χ2v) is 15.3. The minimum absolute atomic E-state index is 0. The number of benzene rings is 3. The summed E-state index contributed by atoms with van der Waals surface area (Å²) in [4.78, 5) is 0. The molecule has 0 amide bonds. The van der Waals surface area contributed by atoms with Gasteiger partial charge in [0, 0.05) is 5.41 Å². The van der Waals surface area contributed by atoms with E-state index in [-0.39, 0.29) is 67.3 Å². The Kier molecular flexibility index (Phi) is 11.8. The van der Waals surface area contributed by atoms with E-state index in [1.54, 1.807) is 0 Å². The summed E-state index contributed by atoms with van der Waals surface area (Å²) in [5.74, 6) is 0.497. The predicted molar refractivity (Wildman–Crippen MR) is 178 cm³/mol. The smallest absolute Gasteiger partial charge is 1.00 e. The van der Waals surface area contributed by atoms with Crippen LogP contribution in [0.1, 0.15) is 101 Å². The van der Waals surface area contributed by atoms with Crippen LogP contribution in [0.3, 0.4) is 0 Å². The van der Waals surface area contributed by atoms with Crippen molar-refractivity contribution in [1.29, 1.82) is 0 Å². The molecule has 2 unspecified atom stereocenters. The molecule has 3 aromatic carbocycles. The Morgan fingerprint density at radius 1 is 0.659 bits per heavy atom. The average Bonchev–Trinajstić information content (AvgIpc) is 3.25. The normalized spacial score (nSPS) is 21.0. The summed E-state index contributed by atoms with van der Waals surface area (Å²) in [5, 5.41) is 0. The van der Waals surface area contributed by atoms with Crippen LogP contribution in [-0.2, 0) is 42.4 Å². The molecule has 2 atom stereocenters. The monoisotopic (exact) mass is 701 g/mol. The number of allylic oxidation sites excluding steroid dienone is 6. The summed E-state index contributed by atoms with van der Waals surface area (Å²) in [5.41, 5.74) is 13.2. The molecule has 0 aliphatic heterocycles. The van der Waals surface area contributed by atoms with Crippen molar-refractivity contribution in [1.82, 2.24) is 0 Å². The van der Waals surface area contributed by atoms with Crippen molar-refractivity contribution in [2.24, 2.45) is 11.3 Å². The Labute approximate surface area is 299 Å². The van der Waals surface area contributed by atoms with E-state index in [9.17, 15) is 0 Å². The van der Waals surface area contributed by atoms with Crippen LogP contribution in [0.2, 0.25) is 0 Å². The van der Waals surface area contributed by atoms with Crippen molar-refractivity contribution in [3.63, 3.8) is 0 Å². The molecular weight excluding hydrogens is 655 g/mol. The van der Waals surface area contributed by atoms with Gasteiger partial charge in [0.15, 0.2) is 0 Å². The van der Waals surface area contributed by atoms with E-state index in [0.717, 1.165) is 0 Å². The minimum Gasteiger partial charge on any atom is -1.00 e. The van der Waals surface area contributed by atoms with Crippen LogP contribution in [0.4, 0.5) is 0 Å². The van der Waals surface area contributed by atoms with E-state index in [0.29, 0.717) is 5.92 Å². The summed E-state index contributed by atoms with van der Waals surface area (Å²) in [6.07, 6.45) is 10.1. The molecule has 0 spiro atoms. The first-order chi connectivity index (χ1) is 19.0. The van der Waals surface area contributed by atoms with Gasteiger partial charge in [-0.15, -0.1) is 11.6 Å². The molecule has 3 aromatic rings. The number of hydrogen-bond donors (Lipinski definition) is 0. The maximum atomic E-state index is 2.58. The average molecular weight is 704 g/mol. The van der Waals surface area contributed by atoms with Crippen LogP contribution < -0.4 is 24.8 Å². The fourth-order valence-electron chi connectivity index (χ4n) is 6.57. The van der Waals surface area contributed by atoms with Gasteiger partial charge in [0.25, 0.3) is 0 Å². The quantitative estimate of drug-likeness (QED) is 0.335. The van der Waals surface area contributed by atoms with Crippen LogP contribution in [0.5, 0.6) is 0 Å². The zero-order chi connectivity index (χ0) is 30.0. The van der Waals surface area contributed by atoms with Gasteiger partial charge >= 0.3 is 26.2 Å². The predicted octanol–water partition coefficient (Wildman–Crippen LogP) is 5.02. The van der Waals surface area contributed by atoms with Crippen molar-refractivity contribution in [3.8, 4) is 0 Å². The number of fused-ring (bicyclic) bond motifs is 1. The third-order valence-corrected chi connectivity index (χ3v) is 9.55. The van der Waals surface area contributed by atoms with Gasteiger partial charge in [-0.1, -0.05) is 152 Å². The number of hydrogen-bond acceptors (Lipinski definition) is 0. The zero-order valence-corrected chi connectivity index (χ0v) is 32.5. The second kappa shape index (κ2) is 13.5. The molecule has 0 nitrogen and oxygen atoms in total. The minimum atomic E-state index is -0.390. The van der Waals surface area contributed by atoms with Crippen molar-refractivity contribution < 1.29 is 51.0 Å². The molecule has 1 radical (unpaired) electrons. The number of halogens is 2. The van der Waals surface area contributed by atoms with E-state index < -0.39 is 5.41 Å². The fourth-order valence-corrected chi connectivity index (χ4v) is 6.57. The molecule has 2 aliphatic rings. The van der Waals surface area contributed by atoms with Gasteiger partial charge in [-0.25, -0.2) is 0 Å². The molecule has 5 rings (SSSR count). The first-order valence-corrected chi connectivity index (χ1v) is 15.4. The van der Waals surface area contributed by atoms with Gasteiger partial charge in [-0.05, 0) is 63.8 Å². The molecule has 231 valence electrons. The van der Waals surface area contributed by atoms with Gasteiger partial charge in [-0.2, -0.15) is 18.1 Å². The van der Waals surface area contributed by atoms with Crippen molar-refractivity contribution >= 4 is 5.57 Å². The second-order valence-electron chi connectivity index (χ2n) is 15.3. The fraction of sp³-hybridized carbons (Fsp3) is 0.390. The topological polar surface area (TPSA) is 0 Å². The Morgan fingerprint density at radius 3 is 1.59 bits per heavy atom. The SMILES string of the molecule is Cc1cc(C)cc(C2(c3ccc(C(C)(C)C)cc3)C=C(c3ccc(C(C)(C)C)cc3)C=C3[CH-]C(C)(C(C)C)C=C32)c1.[Cl-].[Cl-].[Zr+3]. The van der Waals surface area contributed by atoms with Crippen LogP contribution in [0.25, 0.3) is 5.57 Å². The maximum Gasteiger partial charge on any atom is 3.00 e.